The molecule has 1 saturated carbocycles. The van der Waals surface area contributed by atoms with Crippen LogP contribution in [0.5, 0.6) is 0 Å². The molecule has 1 amide bonds. The Labute approximate surface area is 133 Å². The topological polar surface area (TPSA) is 53.0 Å². The summed E-state index contributed by atoms with van der Waals surface area (Å²) in [5, 5.41) is 9.84. The third kappa shape index (κ3) is 3.17. The number of carbonyl (C=O) groups is 1. The molecular weight excluding hydrogens is 280 g/mol. The average Bonchev–Trinajstić information content (AvgIpc) is 2.50. The average molecular weight is 310 g/mol. The van der Waals surface area contributed by atoms with E-state index in [0.717, 1.165) is 71.1 Å². The van der Waals surface area contributed by atoms with E-state index in [1.54, 1.807) is 7.11 Å². The van der Waals surface area contributed by atoms with Gasteiger partial charge in [-0.3, -0.25) is 9.69 Å². The summed E-state index contributed by atoms with van der Waals surface area (Å²) in [6.07, 6.45) is 7.08. The number of piperidine rings is 2. The molecule has 2 heterocycles. The molecule has 22 heavy (non-hydrogen) atoms. The molecule has 3 rings (SSSR count). The number of β-amino-alcohol motifs (C(OH)–C–C–N with tert-alkyl or cyclic N) is 1. The number of likely N-dealkylation sites (tertiary alicyclic amines) is 2. The molecule has 0 aromatic carbocycles. The molecule has 1 aliphatic carbocycles. The van der Waals surface area contributed by atoms with Gasteiger partial charge in [-0.25, -0.2) is 0 Å². The van der Waals surface area contributed by atoms with Gasteiger partial charge in [-0.15, -0.1) is 0 Å². The molecule has 0 spiro atoms. The standard InChI is InChI=1S/C17H30N2O3/c1-22-13-17(7-3-8-17)16(21)18-10-5-14(6-11-18)19-9-2-4-15(20)12-19/h14-15,20H,2-13H2,1H3. The lowest BCUT2D eigenvalue weighted by atomic mass is 9.68. The first-order valence-corrected chi connectivity index (χ1v) is 8.85. The van der Waals surface area contributed by atoms with Crippen molar-refractivity contribution in [3.05, 3.63) is 0 Å². The van der Waals surface area contributed by atoms with Crippen LogP contribution in [0.1, 0.15) is 44.9 Å². The summed E-state index contributed by atoms with van der Waals surface area (Å²) in [5.41, 5.74) is -0.219. The van der Waals surface area contributed by atoms with Crippen LogP contribution in [0.25, 0.3) is 0 Å². The Bertz CT molecular complexity index is 389. The van der Waals surface area contributed by atoms with Crippen molar-refractivity contribution >= 4 is 5.91 Å². The van der Waals surface area contributed by atoms with Crippen molar-refractivity contribution in [2.24, 2.45) is 5.41 Å². The SMILES string of the molecule is COCC1(C(=O)N2CCC(N3CCCC(O)C3)CC2)CCC1. The fraction of sp³-hybridized carbons (Fsp3) is 0.941. The predicted molar refractivity (Wildman–Crippen MR) is 84.6 cm³/mol. The molecule has 3 aliphatic rings. The normalized spacial score (nSPS) is 30.1. The summed E-state index contributed by atoms with van der Waals surface area (Å²) >= 11 is 0. The lowest BCUT2D eigenvalue weighted by Gasteiger charge is -2.46. The number of aliphatic hydroxyl groups is 1. The lowest BCUT2D eigenvalue weighted by molar-refractivity contribution is -0.154. The molecule has 0 aromatic heterocycles. The van der Waals surface area contributed by atoms with Crippen LogP contribution in [-0.2, 0) is 9.53 Å². The van der Waals surface area contributed by atoms with E-state index >= 15 is 0 Å². The van der Waals surface area contributed by atoms with Crippen LogP contribution in [0.4, 0.5) is 0 Å². The molecule has 1 unspecified atom stereocenters. The van der Waals surface area contributed by atoms with Gasteiger partial charge in [-0.2, -0.15) is 0 Å². The van der Waals surface area contributed by atoms with Crippen LogP contribution < -0.4 is 0 Å². The maximum Gasteiger partial charge on any atom is 0.231 e. The van der Waals surface area contributed by atoms with E-state index in [2.05, 4.69) is 9.80 Å². The molecular formula is C17H30N2O3. The third-order valence-corrected chi connectivity index (χ3v) is 5.88. The predicted octanol–water partition coefficient (Wildman–Crippen LogP) is 1.25. The summed E-state index contributed by atoms with van der Waals surface area (Å²) < 4.78 is 5.31. The second-order valence-electron chi connectivity index (χ2n) is 7.38. The van der Waals surface area contributed by atoms with Gasteiger partial charge in [0.05, 0.1) is 18.1 Å². The van der Waals surface area contributed by atoms with E-state index in [0.29, 0.717) is 18.6 Å². The van der Waals surface area contributed by atoms with E-state index in [-0.39, 0.29) is 11.5 Å². The highest BCUT2D eigenvalue weighted by Gasteiger charge is 2.47. The molecule has 3 fully saturated rings. The van der Waals surface area contributed by atoms with Crippen molar-refractivity contribution in [2.75, 3.05) is 39.9 Å². The maximum absolute atomic E-state index is 12.8. The highest BCUT2D eigenvalue weighted by Crippen LogP contribution is 2.43. The molecule has 5 nitrogen and oxygen atoms in total. The van der Waals surface area contributed by atoms with Gasteiger partial charge in [0.1, 0.15) is 0 Å². The van der Waals surface area contributed by atoms with Crippen LogP contribution in [0.2, 0.25) is 0 Å². The van der Waals surface area contributed by atoms with Gasteiger partial charge in [0, 0.05) is 32.8 Å². The van der Waals surface area contributed by atoms with Gasteiger partial charge in [0.25, 0.3) is 0 Å². The van der Waals surface area contributed by atoms with Gasteiger partial charge in [0.2, 0.25) is 5.91 Å². The summed E-state index contributed by atoms with van der Waals surface area (Å²) in [6.45, 7) is 4.21. The summed E-state index contributed by atoms with van der Waals surface area (Å²) in [4.78, 5) is 17.3. The second-order valence-corrected chi connectivity index (χ2v) is 7.38. The number of rotatable bonds is 4. The Morgan fingerprint density at radius 2 is 1.91 bits per heavy atom. The Kier molecular flexibility index (Phi) is 5.05. The fourth-order valence-electron chi connectivity index (χ4n) is 4.38. The van der Waals surface area contributed by atoms with Gasteiger partial charge in [-0.1, -0.05) is 6.42 Å². The molecule has 2 aliphatic heterocycles. The Morgan fingerprint density at radius 1 is 1.18 bits per heavy atom. The molecule has 126 valence electrons. The van der Waals surface area contributed by atoms with Crippen molar-refractivity contribution < 1.29 is 14.6 Å². The number of hydrogen-bond donors (Lipinski definition) is 1. The van der Waals surface area contributed by atoms with Crippen molar-refractivity contribution in [2.45, 2.75) is 57.1 Å². The Morgan fingerprint density at radius 3 is 2.45 bits per heavy atom. The number of carbonyl (C=O) groups excluding carboxylic acids is 1. The van der Waals surface area contributed by atoms with Gasteiger partial charge >= 0.3 is 0 Å². The van der Waals surface area contributed by atoms with Crippen molar-refractivity contribution in [1.29, 1.82) is 0 Å². The molecule has 5 heteroatoms. The molecule has 1 atom stereocenters. The quantitative estimate of drug-likeness (QED) is 0.849. The number of ether oxygens (including phenoxy) is 1. The highest BCUT2D eigenvalue weighted by molar-refractivity contribution is 5.84. The van der Waals surface area contributed by atoms with E-state index in [1.165, 1.54) is 0 Å². The smallest absolute Gasteiger partial charge is 0.231 e. The van der Waals surface area contributed by atoms with E-state index in [1.807, 2.05) is 0 Å². The molecule has 1 N–H and O–H groups in total. The first kappa shape index (κ1) is 16.2. The van der Waals surface area contributed by atoms with Crippen LogP contribution in [0.15, 0.2) is 0 Å². The minimum atomic E-state index is -0.219. The van der Waals surface area contributed by atoms with E-state index in [4.69, 9.17) is 4.74 Å². The monoisotopic (exact) mass is 310 g/mol. The fourth-order valence-corrected chi connectivity index (χ4v) is 4.38. The summed E-state index contributed by atoms with van der Waals surface area (Å²) in [5.74, 6) is 0.317. The number of amides is 1. The van der Waals surface area contributed by atoms with Crippen LogP contribution in [-0.4, -0.2) is 72.9 Å². The number of nitrogens with zero attached hydrogens (tertiary/aromatic N) is 2. The van der Waals surface area contributed by atoms with Crippen LogP contribution in [0.3, 0.4) is 0 Å². The second kappa shape index (κ2) is 6.85. The lowest BCUT2D eigenvalue weighted by Crippen LogP contribution is -2.55. The Balaban J connectivity index is 1.52. The molecule has 0 aromatic rings. The first-order chi connectivity index (χ1) is 10.6. The largest absolute Gasteiger partial charge is 0.392 e. The zero-order valence-electron chi connectivity index (χ0n) is 13.8. The van der Waals surface area contributed by atoms with Gasteiger partial charge in [0.15, 0.2) is 0 Å². The molecule has 2 saturated heterocycles. The first-order valence-electron chi connectivity index (χ1n) is 8.85. The van der Waals surface area contributed by atoms with Crippen LogP contribution >= 0.6 is 0 Å². The number of methoxy groups -OCH3 is 1. The van der Waals surface area contributed by atoms with Gasteiger partial charge in [-0.05, 0) is 45.1 Å². The van der Waals surface area contributed by atoms with Crippen molar-refractivity contribution in [1.82, 2.24) is 9.80 Å². The minimum Gasteiger partial charge on any atom is -0.392 e. The van der Waals surface area contributed by atoms with E-state index in [9.17, 15) is 9.90 Å². The zero-order chi connectivity index (χ0) is 15.6. The molecule has 0 bridgehead atoms. The highest BCUT2D eigenvalue weighted by atomic mass is 16.5. The van der Waals surface area contributed by atoms with Crippen molar-refractivity contribution in [3.8, 4) is 0 Å². The third-order valence-electron chi connectivity index (χ3n) is 5.88. The van der Waals surface area contributed by atoms with Crippen LogP contribution in [0, 0.1) is 5.41 Å². The van der Waals surface area contributed by atoms with E-state index < -0.39 is 0 Å². The number of aliphatic hydroxyl groups excluding tert-OH is 1. The Hall–Kier alpha value is -0.650. The van der Waals surface area contributed by atoms with Crippen molar-refractivity contribution in [3.63, 3.8) is 0 Å². The minimum absolute atomic E-state index is 0.159. The maximum atomic E-state index is 12.8. The molecule has 0 radical (unpaired) electrons. The van der Waals surface area contributed by atoms with Gasteiger partial charge < -0.3 is 14.7 Å². The number of hydrogen-bond acceptors (Lipinski definition) is 4. The summed E-state index contributed by atoms with van der Waals surface area (Å²) in [6, 6.07) is 0.541. The summed E-state index contributed by atoms with van der Waals surface area (Å²) in [7, 11) is 1.70. The zero-order valence-corrected chi connectivity index (χ0v) is 13.8.